The van der Waals surface area contributed by atoms with E-state index in [1.54, 1.807) is 0 Å². The van der Waals surface area contributed by atoms with Gasteiger partial charge in [0.25, 0.3) is 0 Å². The molecule has 26 heavy (non-hydrogen) atoms. The van der Waals surface area contributed by atoms with E-state index in [0.717, 1.165) is 104 Å². The number of guanidine groups is 1. The molecule has 7 nitrogen and oxygen atoms in total. The molecule has 2 saturated heterocycles. The van der Waals surface area contributed by atoms with E-state index in [-0.39, 0.29) is 24.0 Å². The molecular weight excluding hydrogens is 447 g/mol. The molecule has 2 fully saturated rings. The number of ether oxygens (including phenoxy) is 3. The van der Waals surface area contributed by atoms with Gasteiger partial charge >= 0.3 is 0 Å². The predicted octanol–water partition coefficient (Wildman–Crippen LogP) is 1.33. The Morgan fingerprint density at radius 2 is 2.00 bits per heavy atom. The van der Waals surface area contributed by atoms with Gasteiger partial charge in [-0.1, -0.05) is 0 Å². The molecular formula is C18H37IN4O3. The molecule has 8 heteroatoms. The summed E-state index contributed by atoms with van der Waals surface area (Å²) in [5.74, 6) is 1.50. The maximum atomic E-state index is 5.72. The number of aliphatic imine (C=N–C) groups is 1. The summed E-state index contributed by atoms with van der Waals surface area (Å²) < 4.78 is 16.4. The van der Waals surface area contributed by atoms with Crippen molar-refractivity contribution in [2.24, 2.45) is 10.9 Å². The number of nitrogens with one attached hydrogen (secondary N) is 2. The Hall–Kier alpha value is -0.160. The fourth-order valence-corrected chi connectivity index (χ4v) is 3.00. The molecule has 2 aliphatic heterocycles. The maximum Gasteiger partial charge on any atom is 0.191 e. The molecule has 0 aromatic rings. The van der Waals surface area contributed by atoms with Gasteiger partial charge in [-0.15, -0.1) is 24.0 Å². The third-order valence-corrected chi connectivity index (χ3v) is 4.49. The zero-order valence-electron chi connectivity index (χ0n) is 16.2. The first-order valence-corrected chi connectivity index (χ1v) is 9.86. The van der Waals surface area contributed by atoms with Gasteiger partial charge in [-0.25, -0.2) is 0 Å². The molecule has 2 N–H and O–H groups in total. The van der Waals surface area contributed by atoms with Crippen molar-refractivity contribution in [3.8, 4) is 0 Å². The number of hydrogen-bond acceptors (Lipinski definition) is 5. The van der Waals surface area contributed by atoms with Crippen LogP contribution < -0.4 is 10.6 Å². The lowest BCUT2D eigenvalue weighted by Crippen LogP contribution is -2.40. The Labute approximate surface area is 175 Å². The van der Waals surface area contributed by atoms with E-state index < -0.39 is 0 Å². The Balaban J connectivity index is 0.00000338. The van der Waals surface area contributed by atoms with Gasteiger partial charge in [-0.05, 0) is 32.7 Å². The van der Waals surface area contributed by atoms with Crippen molar-refractivity contribution < 1.29 is 14.2 Å². The monoisotopic (exact) mass is 484 g/mol. The summed E-state index contributed by atoms with van der Waals surface area (Å²) in [6.45, 7) is 13.0. The highest BCUT2D eigenvalue weighted by Gasteiger charge is 2.15. The highest BCUT2D eigenvalue weighted by molar-refractivity contribution is 14.0. The minimum atomic E-state index is 0. The zero-order valence-corrected chi connectivity index (χ0v) is 18.5. The second-order valence-electron chi connectivity index (χ2n) is 6.65. The van der Waals surface area contributed by atoms with Gasteiger partial charge in [0.1, 0.15) is 0 Å². The summed E-state index contributed by atoms with van der Waals surface area (Å²) in [6.07, 6.45) is 3.21. The second kappa shape index (κ2) is 15.9. The van der Waals surface area contributed by atoms with Crippen molar-refractivity contribution in [1.82, 2.24) is 15.5 Å². The summed E-state index contributed by atoms with van der Waals surface area (Å²) in [6, 6.07) is 0. The van der Waals surface area contributed by atoms with Crippen LogP contribution in [-0.2, 0) is 14.2 Å². The first kappa shape index (κ1) is 23.9. The maximum absolute atomic E-state index is 5.72. The average Bonchev–Trinajstić information content (AvgIpc) is 3.16. The fraction of sp³-hybridized carbons (Fsp3) is 0.944. The van der Waals surface area contributed by atoms with Crippen LogP contribution in [0.1, 0.15) is 26.2 Å². The number of nitrogens with zero attached hydrogens (tertiary/aromatic N) is 2. The molecule has 0 radical (unpaired) electrons. The van der Waals surface area contributed by atoms with Crippen molar-refractivity contribution in [2.75, 3.05) is 78.9 Å². The molecule has 0 aromatic heterocycles. The molecule has 1 atom stereocenters. The van der Waals surface area contributed by atoms with Crippen LogP contribution in [0.5, 0.6) is 0 Å². The van der Waals surface area contributed by atoms with E-state index in [1.165, 1.54) is 0 Å². The Morgan fingerprint density at radius 1 is 1.15 bits per heavy atom. The summed E-state index contributed by atoms with van der Waals surface area (Å²) in [4.78, 5) is 7.08. The largest absolute Gasteiger partial charge is 0.381 e. The first-order valence-electron chi connectivity index (χ1n) is 9.86. The van der Waals surface area contributed by atoms with E-state index in [9.17, 15) is 0 Å². The van der Waals surface area contributed by atoms with E-state index in [2.05, 4.69) is 27.4 Å². The lowest BCUT2D eigenvalue weighted by molar-refractivity contribution is 0.0376. The average molecular weight is 484 g/mol. The fourth-order valence-electron chi connectivity index (χ4n) is 3.00. The van der Waals surface area contributed by atoms with Gasteiger partial charge < -0.3 is 24.8 Å². The van der Waals surface area contributed by atoms with E-state index in [1.807, 2.05) is 0 Å². The van der Waals surface area contributed by atoms with Crippen molar-refractivity contribution in [2.45, 2.75) is 26.2 Å². The molecule has 154 valence electrons. The Bertz CT molecular complexity index is 362. The molecule has 2 heterocycles. The summed E-state index contributed by atoms with van der Waals surface area (Å²) >= 11 is 0. The van der Waals surface area contributed by atoms with Gasteiger partial charge in [0.15, 0.2) is 5.96 Å². The third kappa shape index (κ3) is 10.9. The van der Waals surface area contributed by atoms with Gasteiger partial charge in [0, 0.05) is 51.9 Å². The van der Waals surface area contributed by atoms with Crippen LogP contribution in [0, 0.1) is 5.92 Å². The van der Waals surface area contributed by atoms with Crippen LogP contribution in [0.2, 0.25) is 0 Å². The molecule has 0 amide bonds. The predicted molar refractivity (Wildman–Crippen MR) is 116 cm³/mol. The molecule has 2 rings (SSSR count). The van der Waals surface area contributed by atoms with Crippen molar-refractivity contribution >= 4 is 29.9 Å². The van der Waals surface area contributed by atoms with E-state index in [4.69, 9.17) is 14.2 Å². The van der Waals surface area contributed by atoms with Crippen LogP contribution in [-0.4, -0.2) is 89.8 Å². The van der Waals surface area contributed by atoms with Crippen LogP contribution in [0.4, 0.5) is 0 Å². The van der Waals surface area contributed by atoms with Gasteiger partial charge in [-0.2, -0.15) is 0 Å². The third-order valence-electron chi connectivity index (χ3n) is 4.49. The molecule has 0 bridgehead atoms. The second-order valence-corrected chi connectivity index (χ2v) is 6.65. The smallest absolute Gasteiger partial charge is 0.191 e. The van der Waals surface area contributed by atoms with Crippen molar-refractivity contribution in [3.63, 3.8) is 0 Å². The summed E-state index contributed by atoms with van der Waals surface area (Å²) in [5.41, 5.74) is 0. The lowest BCUT2D eigenvalue weighted by atomic mass is 10.1. The van der Waals surface area contributed by atoms with E-state index in [0.29, 0.717) is 5.92 Å². The molecule has 0 saturated carbocycles. The number of hydrogen-bond donors (Lipinski definition) is 2. The van der Waals surface area contributed by atoms with Gasteiger partial charge in [0.2, 0.25) is 0 Å². The minimum Gasteiger partial charge on any atom is -0.381 e. The van der Waals surface area contributed by atoms with Crippen molar-refractivity contribution in [3.05, 3.63) is 0 Å². The van der Waals surface area contributed by atoms with Crippen LogP contribution in [0.25, 0.3) is 0 Å². The Morgan fingerprint density at radius 3 is 2.73 bits per heavy atom. The zero-order chi connectivity index (χ0) is 17.6. The topological polar surface area (TPSA) is 67.4 Å². The van der Waals surface area contributed by atoms with Gasteiger partial charge in [-0.3, -0.25) is 9.89 Å². The number of morpholine rings is 1. The molecule has 1 unspecified atom stereocenters. The highest BCUT2D eigenvalue weighted by Crippen LogP contribution is 2.12. The van der Waals surface area contributed by atoms with Crippen LogP contribution in [0.15, 0.2) is 4.99 Å². The van der Waals surface area contributed by atoms with Crippen LogP contribution in [0.3, 0.4) is 0 Å². The van der Waals surface area contributed by atoms with Crippen molar-refractivity contribution in [1.29, 1.82) is 0 Å². The molecule has 0 aliphatic carbocycles. The molecule has 0 aromatic carbocycles. The lowest BCUT2D eigenvalue weighted by Gasteiger charge is -2.26. The normalized spacial score (nSPS) is 21.4. The minimum absolute atomic E-state index is 0. The number of halogens is 1. The summed E-state index contributed by atoms with van der Waals surface area (Å²) in [5, 5.41) is 6.72. The first-order chi connectivity index (χ1) is 12.4. The van der Waals surface area contributed by atoms with Gasteiger partial charge in [0.05, 0.1) is 26.4 Å². The molecule has 0 spiro atoms. The quantitative estimate of drug-likeness (QED) is 0.200. The molecule has 2 aliphatic rings. The number of rotatable bonds is 11. The van der Waals surface area contributed by atoms with E-state index >= 15 is 0 Å². The van der Waals surface area contributed by atoms with Crippen LogP contribution >= 0.6 is 24.0 Å². The standard InChI is InChI=1S/C18H36N4O3.HI/c1-2-19-18(20-6-3-8-22-9-13-23-14-10-22)21-7-4-11-24-15-17-5-12-25-16-17;/h17H,2-16H2,1H3,(H2,19,20,21);1H. The SMILES string of the molecule is CCNC(=NCCCOCC1CCOC1)NCCCN1CCOCC1.I. The Kier molecular flexibility index (Phi) is 14.6. The highest BCUT2D eigenvalue weighted by atomic mass is 127. The summed E-state index contributed by atoms with van der Waals surface area (Å²) in [7, 11) is 0.